The van der Waals surface area contributed by atoms with Gasteiger partial charge in [-0.15, -0.1) is 0 Å². The molecule has 0 spiro atoms. The van der Waals surface area contributed by atoms with Crippen LogP contribution in [0.4, 0.5) is 11.5 Å². The molecule has 2 aromatic heterocycles. The van der Waals surface area contributed by atoms with Crippen molar-refractivity contribution < 1.29 is 4.92 Å². The minimum Gasteiger partial charge on any atom is -0.350 e. The molecule has 94 valence electrons. The van der Waals surface area contributed by atoms with E-state index in [-0.39, 0.29) is 5.69 Å². The molecule has 0 radical (unpaired) electrons. The number of rotatable bonds is 4. The molecule has 0 aliphatic carbocycles. The predicted molar refractivity (Wildman–Crippen MR) is 75.0 cm³/mol. The molecule has 2 aromatic rings. The molecule has 0 aliphatic rings. The fraction of sp³-hybridized carbons (Fsp3) is 0.182. The summed E-state index contributed by atoms with van der Waals surface area (Å²) < 4.78 is 0.599. The van der Waals surface area contributed by atoms with Crippen LogP contribution in [0, 0.1) is 10.1 Å². The normalized spacial score (nSPS) is 10.3. The quantitative estimate of drug-likeness (QED) is 0.637. The Balaban J connectivity index is 2.29. The van der Waals surface area contributed by atoms with Crippen molar-refractivity contribution >= 4 is 38.8 Å². The molecule has 0 bridgehead atoms. The van der Waals surface area contributed by atoms with Gasteiger partial charge < -0.3 is 4.90 Å². The highest BCUT2D eigenvalue weighted by molar-refractivity contribution is 9.10. The van der Waals surface area contributed by atoms with Crippen LogP contribution >= 0.6 is 27.3 Å². The van der Waals surface area contributed by atoms with Gasteiger partial charge in [-0.05, 0) is 38.3 Å². The van der Waals surface area contributed by atoms with Gasteiger partial charge in [-0.2, -0.15) is 11.3 Å². The Morgan fingerprint density at radius 3 is 3.00 bits per heavy atom. The SMILES string of the molecule is CN(Cc1ccsc1)c1ncc(Br)cc1[N+](=O)[O-]. The van der Waals surface area contributed by atoms with Crippen LogP contribution in [-0.4, -0.2) is 17.0 Å². The average Bonchev–Trinajstić information content (AvgIpc) is 2.81. The Morgan fingerprint density at radius 2 is 2.39 bits per heavy atom. The minimum atomic E-state index is -0.419. The Labute approximate surface area is 116 Å². The third-order valence-corrected chi connectivity index (χ3v) is 3.54. The number of nitrogens with zero attached hydrogens (tertiary/aromatic N) is 3. The molecule has 18 heavy (non-hydrogen) atoms. The van der Waals surface area contributed by atoms with Gasteiger partial charge in [0.25, 0.3) is 0 Å². The number of thiophene rings is 1. The highest BCUT2D eigenvalue weighted by Crippen LogP contribution is 2.28. The highest BCUT2D eigenvalue weighted by atomic mass is 79.9. The standard InChI is InChI=1S/C11H10BrN3O2S/c1-14(6-8-2-3-18-7-8)11-10(15(16)17)4-9(12)5-13-11/h2-5,7H,6H2,1H3. The van der Waals surface area contributed by atoms with E-state index in [2.05, 4.69) is 20.9 Å². The first-order valence-corrected chi connectivity index (χ1v) is 6.83. The molecule has 0 aliphatic heterocycles. The lowest BCUT2D eigenvalue weighted by atomic mass is 10.3. The number of hydrogen-bond donors (Lipinski definition) is 0. The molecule has 7 heteroatoms. The number of hydrogen-bond acceptors (Lipinski definition) is 5. The van der Waals surface area contributed by atoms with Gasteiger partial charge in [0.1, 0.15) is 0 Å². The second-order valence-electron chi connectivity index (χ2n) is 3.74. The summed E-state index contributed by atoms with van der Waals surface area (Å²) in [5.41, 5.74) is 1.11. The summed E-state index contributed by atoms with van der Waals surface area (Å²) in [6, 6.07) is 3.46. The molecule has 0 N–H and O–H groups in total. The highest BCUT2D eigenvalue weighted by Gasteiger charge is 2.19. The van der Waals surface area contributed by atoms with Crippen LogP contribution in [0.2, 0.25) is 0 Å². The largest absolute Gasteiger partial charge is 0.350 e. The summed E-state index contributed by atoms with van der Waals surface area (Å²) in [6.45, 7) is 0.596. The molecule has 2 heterocycles. The van der Waals surface area contributed by atoms with Crippen molar-refractivity contribution in [2.45, 2.75) is 6.54 Å². The summed E-state index contributed by atoms with van der Waals surface area (Å²) in [4.78, 5) is 16.5. The van der Waals surface area contributed by atoms with E-state index in [1.807, 2.05) is 16.8 Å². The van der Waals surface area contributed by atoms with Gasteiger partial charge in [0.15, 0.2) is 0 Å². The third-order valence-electron chi connectivity index (χ3n) is 2.37. The van der Waals surface area contributed by atoms with Crippen molar-refractivity contribution in [1.29, 1.82) is 0 Å². The maximum atomic E-state index is 11.0. The summed E-state index contributed by atoms with van der Waals surface area (Å²) in [5.74, 6) is 0.370. The molecule has 2 rings (SSSR count). The van der Waals surface area contributed by atoms with Crippen LogP contribution in [0.5, 0.6) is 0 Å². The first-order valence-electron chi connectivity index (χ1n) is 5.10. The van der Waals surface area contributed by atoms with Gasteiger partial charge in [-0.25, -0.2) is 4.98 Å². The van der Waals surface area contributed by atoms with E-state index in [1.165, 1.54) is 6.07 Å². The first-order chi connectivity index (χ1) is 8.58. The Bertz CT molecular complexity index is 559. The van der Waals surface area contributed by atoms with E-state index in [1.54, 1.807) is 29.5 Å². The monoisotopic (exact) mass is 327 g/mol. The Morgan fingerprint density at radius 1 is 1.61 bits per heavy atom. The van der Waals surface area contributed by atoms with E-state index in [0.717, 1.165) is 5.56 Å². The summed E-state index contributed by atoms with van der Waals surface area (Å²) in [5, 5.41) is 15.0. The zero-order valence-corrected chi connectivity index (χ0v) is 11.9. The van der Waals surface area contributed by atoms with E-state index in [9.17, 15) is 10.1 Å². The summed E-state index contributed by atoms with van der Waals surface area (Å²) in [6.07, 6.45) is 1.56. The zero-order chi connectivity index (χ0) is 13.1. The number of aromatic nitrogens is 1. The Kier molecular flexibility index (Phi) is 3.93. The zero-order valence-electron chi connectivity index (χ0n) is 9.54. The van der Waals surface area contributed by atoms with E-state index >= 15 is 0 Å². The van der Waals surface area contributed by atoms with Crippen LogP contribution < -0.4 is 4.90 Å². The number of pyridine rings is 1. The third kappa shape index (κ3) is 2.85. The molecule has 0 unspecified atom stereocenters. The summed E-state index contributed by atoms with van der Waals surface area (Å²) in [7, 11) is 1.79. The van der Waals surface area contributed by atoms with Gasteiger partial charge in [0, 0.05) is 30.3 Å². The summed E-state index contributed by atoms with van der Waals surface area (Å²) >= 11 is 4.79. The molecule has 0 saturated carbocycles. The van der Waals surface area contributed by atoms with Crippen molar-refractivity contribution in [3.63, 3.8) is 0 Å². The second-order valence-corrected chi connectivity index (χ2v) is 5.44. The molecule has 0 amide bonds. The lowest BCUT2D eigenvalue weighted by Gasteiger charge is -2.17. The van der Waals surface area contributed by atoms with Crippen molar-refractivity contribution in [2.24, 2.45) is 0 Å². The molecular formula is C11H10BrN3O2S. The van der Waals surface area contributed by atoms with E-state index in [0.29, 0.717) is 16.8 Å². The molecule has 0 atom stereocenters. The van der Waals surface area contributed by atoms with Crippen molar-refractivity contribution in [3.8, 4) is 0 Å². The molecule has 0 fully saturated rings. The van der Waals surface area contributed by atoms with Gasteiger partial charge in [-0.1, -0.05) is 0 Å². The lowest BCUT2D eigenvalue weighted by molar-refractivity contribution is -0.384. The predicted octanol–water partition coefficient (Wildman–Crippen LogP) is 3.45. The van der Waals surface area contributed by atoms with Gasteiger partial charge >= 0.3 is 5.69 Å². The molecule has 0 saturated heterocycles. The van der Waals surface area contributed by atoms with Gasteiger partial charge in [-0.3, -0.25) is 10.1 Å². The lowest BCUT2D eigenvalue weighted by Crippen LogP contribution is -2.18. The number of anilines is 1. The Hall–Kier alpha value is -1.47. The molecule has 5 nitrogen and oxygen atoms in total. The fourth-order valence-corrected chi connectivity index (χ4v) is 2.56. The van der Waals surface area contributed by atoms with Crippen LogP contribution in [0.3, 0.4) is 0 Å². The van der Waals surface area contributed by atoms with Gasteiger partial charge in [0.05, 0.1) is 4.92 Å². The average molecular weight is 328 g/mol. The van der Waals surface area contributed by atoms with Crippen molar-refractivity contribution in [2.75, 3.05) is 11.9 Å². The number of halogens is 1. The van der Waals surface area contributed by atoms with Crippen LogP contribution in [0.25, 0.3) is 0 Å². The van der Waals surface area contributed by atoms with E-state index < -0.39 is 4.92 Å². The van der Waals surface area contributed by atoms with Crippen molar-refractivity contribution in [3.05, 3.63) is 49.2 Å². The molecular weight excluding hydrogens is 318 g/mol. The molecule has 0 aromatic carbocycles. The first kappa shape index (κ1) is 13.0. The second kappa shape index (κ2) is 5.45. The van der Waals surface area contributed by atoms with Crippen molar-refractivity contribution in [1.82, 2.24) is 4.98 Å². The van der Waals surface area contributed by atoms with Crippen LogP contribution in [0.1, 0.15) is 5.56 Å². The topological polar surface area (TPSA) is 59.3 Å². The minimum absolute atomic E-state index is 0.00195. The van der Waals surface area contributed by atoms with Crippen LogP contribution in [-0.2, 0) is 6.54 Å². The number of nitro groups is 1. The smallest absolute Gasteiger partial charge is 0.312 e. The fourth-order valence-electron chi connectivity index (χ4n) is 1.58. The maximum absolute atomic E-state index is 11.0. The van der Waals surface area contributed by atoms with E-state index in [4.69, 9.17) is 0 Å². The van der Waals surface area contributed by atoms with Gasteiger partial charge in [0.2, 0.25) is 5.82 Å². The maximum Gasteiger partial charge on any atom is 0.312 e. The van der Waals surface area contributed by atoms with Crippen LogP contribution in [0.15, 0.2) is 33.6 Å².